The topological polar surface area (TPSA) is 66.9 Å². The molecule has 0 aliphatic rings. The number of rotatable bonds is 5. The fraction of sp³-hybridized carbons (Fsp3) is 0.333. The molecule has 0 unspecified atom stereocenters. The Morgan fingerprint density at radius 1 is 1.07 bits per heavy atom. The van der Waals surface area contributed by atoms with Gasteiger partial charge in [-0.05, 0) is 63.8 Å². The van der Waals surface area contributed by atoms with Crippen molar-refractivity contribution in [3.8, 4) is 27.2 Å². The molecule has 0 saturated carbocycles. The summed E-state index contributed by atoms with van der Waals surface area (Å²) in [6.07, 6.45) is 2.12. The zero-order chi connectivity index (χ0) is 21.4. The third-order valence-corrected chi connectivity index (χ3v) is 6.71. The molecule has 0 amide bonds. The van der Waals surface area contributed by atoms with Crippen molar-refractivity contribution in [1.29, 1.82) is 5.26 Å². The highest BCUT2D eigenvalue weighted by Gasteiger charge is 2.23. The molecule has 4 rings (SSSR count). The maximum absolute atomic E-state index is 9.85. The molecular formula is C24H25N5S. The van der Waals surface area contributed by atoms with Gasteiger partial charge >= 0.3 is 0 Å². The molecule has 4 aromatic rings. The summed E-state index contributed by atoms with van der Waals surface area (Å²) in [4.78, 5) is 11.4. The van der Waals surface area contributed by atoms with Gasteiger partial charge in [0.15, 0.2) is 5.65 Å². The van der Waals surface area contributed by atoms with E-state index in [1.807, 2.05) is 49.6 Å². The molecule has 30 heavy (non-hydrogen) atoms. The van der Waals surface area contributed by atoms with Crippen LogP contribution in [0.3, 0.4) is 0 Å². The van der Waals surface area contributed by atoms with Gasteiger partial charge in [0, 0.05) is 11.3 Å². The summed E-state index contributed by atoms with van der Waals surface area (Å²) < 4.78 is 1.94. The smallest absolute Gasteiger partial charge is 0.158 e. The fourth-order valence-corrected chi connectivity index (χ4v) is 5.18. The molecule has 4 aromatic heterocycles. The van der Waals surface area contributed by atoms with E-state index in [1.165, 1.54) is 5.56 Å². The van der Waals surface area contributed by atoms with Crippen LogP contribution in [0.5, 0.6) is 0 Å². The molecule has 6 heteroatoms. The van der Waals surface area contributed by atoms with Crippen molar-refractivity contribution in [2.45, 2.75) is 53.4 Å². The van der Waals surface area contributed by atoms with E-state index in [-0.39, 0.29) is 0 Å². The lowest BCUT2D eigenvalue weighted by molar-refractivity contribution is 0.638. The highest BCUT2D eigenvalue weighted by atomic mass is 32.1. The van der Waals surface area contributed by atoms with E-state index in [0.29, 0.717) is 11.5 Å². The van der Waals surface area contributed by atoms with Crippen LogP contribution in [0, 0.1) is 32.1 Å². The predicted octanol–water partition coefficient (Wildman–Crippen LogP) is 6.22. The SMILES string of the molecule is CCC(CC)c1cc(C)nn2c(-c3sc(-c4cccc(C)n4)cc3C#N)c(C)nc12. The molecule has 152 valence electrons. The Hall–Kier alpha value is -3.04. The van der Waals surface area contributed by atoms with Crippen LogP contribution in [0.15, 0.2) is 30.3 Å². The Balaban J connectivity index is 1.96. The van der Waals surface area contributed by atoms with E-state index in [1.54, 1.807) is 11.3 Å². The molecular weight excluding hydrogens is 390 g/mol. The van der Waals surface area contributed by atoms with Gasteiger partial charge in [-0.1, -0.05) is 19.9 Å². The Morgan fingerprint density at radius 3 is 2.50 bits per heavy atom. The number of pyridine rings is 1. The van der Waals surface area contributed by atoms with Crippen molar-refractivity contribution in [3.63, 3.8) is 0 Å². The molecule has 0 aromatic carbocycles. The first-order valence-corrected chi connectivity index (χ1v) is 11.1. The van der Waals surface area contributed by atoms with Crippen molar-refractivity contribution in [2.75, 3.05) is 0 Å². The van der Waals surface area contributed by atoms with Crippen LogP contribution >= 0.6 is 11.3 Å². The molecule has 0 saturated heterocycles. The summed E-state index contributed by atoms with van der Waals surface area (Å²) in [5, 5.41) is 14.6. The van der Waals surface area contributed by atoms with Crippen molar-refractivity contribution in [3.05, 3.63) is 58.5 Å². The van der Waals surface area contributed by atoms with Crippen LogP contribution in [0.1, 0.15) is 60.8 Å². The third kappa shape index (κ3) is 3.40. The number of hydrogen-bond acceptors (Lipinski definition) is 5. The van der Waals surface area contributed by atoms with Crippen LogP contribution in [0.4, 0.5) is 0 Å². The van der Waals surface area contributed by atoms with Crippen LogP contribution in [0.2, 0.25) is 0 Å². The molecule has 0 aliphatic heterocycles. The third-order valence-electron chi connectivity index (χ3n) is 5.54. The first-order chi connectivity index (χ1) is 14.5. The average molecular weight is 416 g/mol. The molecule has 0 bridgehead atoms. The second-order valence-corrected chi connectivity index (χ2v) is 8.72. The summed E-state index contributed by atoms with van der Waals surface area (Å²) in [5.41, 5.74) is 7.36. The zero-order valence-corrected chi connectivity index (χ0v) is 18.8. The quantitative estimate of drug-likeness (QED) is 0.388. The lowest BCUT2D eigenvalue weighted by atomic mass is 9.95. The van der Waals surface area contributed by atoms with Gasteiger partial charge in [-0.2, -0.15) is 10.4 Å². The van der Waals surface area contributed by atoms with Gasteiger partial charge in [0.2, 0.25) is 0 Å². The maximum Gasteiger partial charge on any atom is 0.158 e. The fourth-order valence-electron chi connectivity index (χ4n) is 4.02. The van der Waals surface area contributed by atoms with Crippen molar-refractivity contribution in [1.82, 2.24) is 19.6 Å². The minimum absolute atomic E-state index is 0.440. The number of imidazole rings is 1. The second-order valence-electron chi connectivity index (χ2n) is 7.67. The molecule has 4 heterocycles. The van der Waals surface area contributed by atoms with Gasteiger partial charge in [-0.25, -0.2) is 9.50 Å². The van der Waals surface area contributed by atoms with Crippen molar-refractivity contribution >= 4 is 17.0 Å². The van der Waals surface area contributed by atoms with E-state index < -0.39 is 0 Å². The Labute approximate surface area is 181 Å². The lowest BCUT2D eigenvalue weighted by Crippen LogP contribution is -2.05. The van der Waals surface area contributed by atoms with Crippen LogP contribution in [0.25, 0.3) is 26.8 Å². The van der Waals surface area contributed by atoms with E-state index in [9.17, 15) is 5.26 Å². The number of hydrogen-bond donors (Lipinski definition) is 0. The van der Waals surface area contributed by atoms with Gasteiger partial charge in [-0.3, -0.25) is 4.98 Å². The Morgan fingerprint density at radius 2 is 1.83 bits per heavy atom. The largest absolute Gasteiger partial charge is 0.252 e. The molecule has 0 fully saturated rings. The first-order valence-electron chi connectivity index (χ1n) is 10.3. The van der Waals surface area contributed by atoms with Crippen LogP contribution < -0.4 is 0 Å². The van der Waals surface area contributed by atoms with Gasteiger partial charge in [0.1, 0.15) is 11.8 Å². The molecule has 0 aliphatic carbocycles. The molecule has 0 atom stereocenters. The summed E-state index contributed by atoms with van der Waals surface area (Å²) in [6.45, 7) is 10.4. The summed E-state index contributed by atoms with van der Waals surface area (Å²) in [7, 11) is 0. The highest BCUT2D eigenvalue weighted by Crippen LogP contribution is 2.40. The minimum atomic E-state index is 0.440. The van der Waals surface area contributed by atoms with Crippen LogP contribution in [-0.4, -0.2) is 19.6 Å². The van der Waals surface area contributed by atoms with E-state index in [2.05, 4.69) is 31.0 Å². The number of aromatic nitrogens is 4. The Kier molecular flexibility index (Phi) is 5.40. The maximum atomic E-state index is 9.85. The molecule has 0 radical (unpaired) electrons. The number of aryl methyl sites for hydroxylation is 3. The van der Waals surface area contributed by atoms with Crippen molar-refractivity contribution < 1.29 is 0 Å². The Bertz CT molecular complexity index is 1270. The van der Waals surface area contributed by atoms with E-state index in [4.69, 9.17) is 10.1 Å². The molecule has 5 nitrogen and oxygen atoms in total. The molecule has 0 spiro atoms. The number of fused-ring (bicyclic) bond motifs is 1. The average Bonchev–Trinajstić information content (AvgIpc) is 3.29. The number of nitrogens with zero attached hydrogens (tertiary/aromatic N) is 5. The van der Waals surface area contributed by atoms with Gasteiger partial charge in [0.25, 0.3) is 0 Å². The van der Waals surface area contributed by atoms with E-state index in [0.717, 1.165) is 56.7 Å². The lowest BCUT2D eigenvalue weighted by Gasteiger charge is -2.14. The van der Waals surface area contributed by atoms with Gasteiger partial charge in [-0.15, -0.1) is 11.3 Å². The van der Waals surface area contributed by atoms with Crippen molar-refractivity contribution in [2.24, 2.45) is 0 Å². The number of thiophene rings is 1. The van der Waals surface area contributed by atoms with Gasteiger partial charge in [0.05, 0.1) is 32.4 Å². The summed E-state index contributed by atoms with van der Waals surface area (Å²) in [5.74, 6) is 0.440. The summed E-state index contributed by atoms with van der Waals surface area (Å²) in [6, 6.07) is 12.4. The first kappa shape index (κ1) is 20.2. The summed E-state index contributed by atoms with van der Waals surface area (Å²) >= 11 is 1.58. The minimum Gasteiger partial charge on any atom is -0.252 e. The molecule has 0 N–H and O–H groups in total. The zero-order valence-electron chi connectivity index (χ0n) is 18.0. The standard InChI is InChI=1S/C24H25N5S/c1-6-17(7-2)19-11-15(4)28-29-22(16(5)27-24(19)29)23-18(13-25)12-21(30-23)20-10-8-9-14(3)26-20/h8-12,17H,6-7H2,1-5H3. The van der Waals surface area contributed by atoms with Crippen LogP contribution in [-0.2, 0) is 0 Å². The normalized spacial score (nSPS) is 11.4. The number of nitriles is 1. The second kappa shape index (κ2) is 8.00. The van der Waals surface area contributed by atoms with E-state index >= 15 is 0 Å². The monoisotopic (exact) mass is 415 g/mol. The highest BCUT2D eigenvalue weighted by molar-refractivity contribution is 7.19. The van der Waals surface area contributed by atoms with Gasteiger partial charge < -0.3 is 0 Å². The predicted molar refractivity (Wildman–Crippen MR) is 122 cm³/mol.